The van der Waals surface area contributed by atoms with Crippen LogP contribution in [0.5, 0.6) is 0 Å². The highest BCUT2D eigenvalue weighted by atomic mass is 35.5. The summed E-state index contributed by atoms with van der Waals surface area (Å²) in [6.45, 7) is 0.709. The summed E-state index contributed by atoms with van der Waals surface area (Å²) in [7, 11) is 0. The van der Waals surface area contributed by atoms with Crippen molar-refractivity contribution in [3.05, 3.63) is 58.9 Å². The fourth-order valence-corrected chi connectivity index (χ4v) is 2.10. The Kier molecular flexibility index (Phi) is 3.58. The topological polar surface area (TPSA) is 61.3 Å². The Bertz CT molecular complexity index is 740. The van der Waals surface area contributed by atoms with Crippen LogP contribution < -0.4 is 5.73 Å². The summed E-state index contributed by atoms with van der Waals surface area (Å²) in [5, 5.41) is 0.692. The molecule has 3 aromatic rings. The van der Waals surface area contributed by atoms with Gasteiger partial charge in [-0.15, -0.1) is 0 Å². The number of nitrogens with two attached hydrogens (primary N) is 1. The SMILES string of the molecule is Nc1ccc2nc(COCc3ccccc3Cl)oc2c1. The number of fused-ring (bicyclic) bond motifs is 1. The second-order valence-electron chi connectivity index (χ2n) is 4.42. The third-order valence-electron chi connectivity index (χ3n) is 2.90. The highest BCUT2D eigenvalue weighted by molar-refractivity contribution is 6.31. The van der Waals surface area contributed by atoms with Crippen LogP contribution in [0.1, 0.15) is 11.5 Å². The molecule has 2 N–H and O–H groups in total. The van der Waals surface area contributed by atoms with Gasteiger partial charge in [0.25, 0.3) is 0 Å². The predicted octanol–water partition coefficient (Wildman–Crippen LogP) is 3.78. The summed E-state index contributed by atoms with van der Waals surface area (Å²) in [4.78, 5) is 4.33. The van der Waals surface area contributed by atoms with E-state index < -0.39 is 0 Å². The molecule has 5 heteroatoms. The van der Waals surface area contributed by atoms with Crippen molar-refractivity contribution < 1.29 is 9.15 Å². The molecule has 0 unspecified atom stereocenters. The lowest BCUT2D eigenvalue weighted by molar-refractivity contribution is 0.0907. The standard InChI is InChI=1S/C15H13ClN2O2/c16-12-4-2-1-3-10(12)8-19-9-15-18-13-6-5-11(17)7-14(13)20-15/h1-7H,8-9,17H2. The second kappa shape index (κ2) is 5.53. The molecule has 0 saturated heterocycles. The molecule has 0 amide bonds. The van der Waals surface area contributed by atoms with Crippen LogP contribution in [-0.4, -0.2) is 4.98 Å². The zero-order chi connectivity index (χ0) is 13.9. The summed E-state index contributed by atoms with van der Waals surface area (Å²) in [6.07, 6.45) is 0. The van der Waals surface area contributed by atoms with Gasteiger partial charge in [-0.3, -0.25) is 0 Å². The summed E-state index contributed by atoms with van der Waals surface area (Å²) in [5.41, 5.74) is 8.72. The molecule has 0 fully saturated rings. The van der Waals surface area contributed by atoms with Crippen molar-refractivity contribution in [2.75, 3.05) is 5.73 Å². The molecule has 0 atom stereocenters. The summed E-state index contributed by atoms with van der Waals surface area (Å²) in [5.74, 6) is 0.526. The minimum Gasteiger partial charge on any atom is -0.438 e. The van der Waals surface area contributed by atoms with Gasteiger partial charge in [0, 0.05) is 16.8 Å². The zero-order valence-electron chi connectivity index (χ0n) is 10.7. The molecular weight excluding hydrogens is 276 g/mol. The molecule has 0 bridgehead atoms. The van der Waals surface area contributed by atoms with Crippen LogP contribution in [0.4, 0.5) is 5.69 Å². The Balaban J connectivity index is 1.67. The first-order valence-corrected chi connectivity index (χ1v) is 6.56. The predicted molar refractivity (Wildman–Crippen MR) is 78.4 cm³/mol. The van der Waals surface area contributed by atoms with Crippen LogP contribution in [0.15, 0.2) is 46.9 Å². The van der Waals surface area contributed by atoms with E-state index in [1.165, 1.54) is 0 Å². The number of oxazole rings is 1. The number of anilines is 1. The van der Waals surface area contributed by atoms with Crippen LogP contribution in [0.2, 0.25) is 5.02 Å². The fraction of sp³-hybridized carbons (Fsp3) is 0.133. The highest BCUT2D eigenvalue weighted by Gasteiger charge is 2.06. The first-order valence-electron chi connectivity index (χ1n) is 6.18. The van der Waals surface area contributed by atoms with Crippen molar-refractivity contribution >= 4 is 28.4 Å². The zero-order valence-corrected chi connectivity index (χ0v) is 11.4. The van der Waals surface area contributed by atoms with Gasteiger partial charge in [0.1, 0.15) is 12.1 Å². The van der Waals surface area contributed by atoms with Gasteiger partial charge in [-0.2, -0.15) is 0 Å². The Morgan fingerprint density at radius 3 is 2.85 bits per heavy atom. The van der Waals surface area contributed by atoms with E-state index in [9.17, 15) is 0 Å². The van der Waals surface area contributed by atoms with E-state index in [4.69, 9.17) is 26.5 Å². The third-order valence-corrected chi connectivity index (χ3v) is 3.27. The van der Waals surface area contributed by atoms with Crippen LogP contribution in [0.3, 0.4) is 0 Å². The van der Waals surface area contributed by atoms with Crippen LogP contribution in [-0.2, 0) is 18.0 Å². The van der Waals surface area contributed by atoms with Crippen LogP contribution in [0, 0.1) is 0 Å². The quantitative estimate of drug-likeness (QED) is 0.742. The lowest BCUT2D eigenvalue weighted by Gasteiger charge is -2.03. The molecule has 2 aromatic carbocycles. The smallest absolute Gasteiger partial charge is 0.221 e. The molecule has 20 heavy (non-hydrogen) atoms. The van der Waals surface area contributed by atoms with Crippen molar-refractivity contribution in [2.45, 2.75) is 13.2 Å². The molecule has 0 aliphatic carbocycles. The normalized spacial score (nSPS) is 11.1. The van der Waals surface area contributed by atoms with Gasteiger partial charge in [0.15, 0.2) is 5.58 Å². The number of hydrogen-bond donors (Lipinski definition) is 1. The van der Waals surface area contributed by atoms with Gasteiger partial charge in [0.05, 0.1) is 6.61 Å². The fourth-order valence-electron chi connectivity index (χ4n) is 1.91. The van der Waals surface area contributed by atoms with E-state index in [0.29, 0.717) is 35.4 Å². The minimum atomic E-state index is 0.291. The first-order chi connectivity index (χ1) is 9.72. The molecule has 4 nitrogen and oxygen atoms in total. The van der Waals surface area contributed by atoms with Crippen molar-refractivity contribution in [3.8, 4) is 0 Å². The summed E-state index contributed by atoms with van der Waals surface area (Å²) in [6, 6.07) is 12.9. The van der Waals surface area contributed by atoms with Gasteiger partial charge in [0.2, 0.25) is 5.89 Å². The Morgan fingerprint density at radius 1 is 1.15 bits per heavy atom. The Hall–Kier alpha value is -2.04. The highest BCUT2D eigenvalue weighted by Crippen LogP contribution is 2.20. The van der Waals surface area contributed by atoms with E-state index in [0.717, 1.165) is 11.1 Å². The van der Waals surface area contributed by atoms with Gasteiger partial charge >= 0.3 is 0 Å². The summed E-state index contributed by atoms with van der Waals surface area (Å²) >= 11 is 6.05. The number of rotatable bonds is 4. The maximum Gasteiger partial charge on any atom is 0.221 e. The van der Waals surface area contributed by atoms with Crippen LogP contribution in [0.25, 0.3) is 11.1 Å². The van der Waals surface area contributed by atoms with E-state index in [1.807, 2.05) is 30.3 Å². The number of nitrogens with zero attached hydrogens (tertiary/aromatic N) is 1. The number of hydrogen-bond acceptors (Lipinski definition) is 4. The van der Waals surface area contributed by atoms with Gasteiger partial charge < -0.3 is 14.9 Å². The number of aromatic nitrogens is 1. The minimum absolute atomic E-state index is 0.291. The van der Waals surface area contributed by atoms with Crippen molar-refractivity contribution in [3.63, 3.8) is 0 Å². The average molecular weight is 289 g/mol. The molecular formula is C15H13ClN2O2. The van der Waals surface area contributed by atoms with E-state index in [2.05, 4.69) is 4.98 Å². The van der Waals surface area contributed by atoms with E-state index >= 15 is 0 Å². The molecule has 102 valence electrons. The molecule has 1 aromatic heterocycles. The number of ether oxygens (including phenoxy) is 1. The maximum absolute atomic E-state index is 6.05. The number of nitrogen functional groups attached to an aromatic ring is 1. The molecule has 0 spiro atoms. The molecule has 0 aliphatic heterocycles. The largest absolute Gasteiger partial charge is 0.438 e. The van der Waals surface area contributed by atoms with Crippen molar-refractivity contribution in [1.29, 1.82) is 0 Å². The second-order valence-corrected chi connectivity index (χ2v) is 4.83. The third kappa shape index (κ3) is 2.76. The lowest BCUT2D eigenvalue weighted by Crippen LogP contribution is -1.94. The van der Waals surface area contributed by atoms with E-state index in [1.54, 1.807) is 12.1 Å². The molecule has 0 aliphatic rings. The van der Waals surface area contributed by atoms with Crippen LogP contribution >= 0.6 is 11.6 Å². The summed E-state index contributed by atoms with van der Waals surface area (Å²) < 4.78 is 11.1. The van der Waals surface area contributed by atoms with Gasteiger partial charge in [-0.25, -0.2) is 4.98 Å². The average Bonchev–Trinajstić information content (AvgIpc) is 2.83. The number of halogens is 1. The molecule has 0 saturated carbocycles. The Morgan fingerprint density at radius 2 is 2.00 bits per heavy atom. The van der Waals surface area contributed by atoms with Gasteiger partial charge in [-0.05, 0) is 23.8 Å². The van der Waals surface area contributed by atoms with Crippen molar-refractivity contribution in [1.82, 2.24) is 4.98 Å². The molecule has 1 heterocycles. The maximum atomic E-state index is 6.05. The van der Waals surface area contributed by atoms with Gasteiger partial charge in [-0.1, -0.05) is 29.8 Å². The molecule has 0 radical (unpaired) electrons. The first kappa shape index (κ1) is 13.0. The van der Waals surface area contributed by atoms with Crippen molar-refractivity contribution in [2.24, 2.45) is 0 Å². The monoisotopic (exact) mass is 288 g/mol. The Labute approximate surface area is 121 Å². The molecule has 3 rings (SSSR count). The van der Waals surface area contributed by atoms with E-state index in [-0.39, 0.29) is 0 Å². The lowest BCUT2D eigenvalue weighted by atomic mass is 10.2. The number of benzene rings is 2.